The minimum absolute atomic E-state index is 0.355. The molecule has 0 saturated heterocycles. The number of benzene rings is 2. The molecule has 4 rings (SSSR count). The Morgan fingerprint density at radius 3 is 3.04 bits per heavy atom. The van der Waals surface area contributed by atoms with E-state index in [1.807, 2.05) is 18.2 Å². The lowest BCUT2D eigenvalue weighted by atomic mass is 10.0. The Bertz CT molecular complexity index is 1040. The summed E-state index contributed by atoms with van der Waals surface area (Å²) < 4.78 is 0. The van der Waals surface area contributed by atoms with E-state index in [1.54, 1.807) is 11.6 Å². The minimum Gasteiger partial charge on any atom is -0.361 e. The van der Waals surface area contributed by atoms with E-state index in [9.17, 15) is 4.79 Å². The molecule has 6 heteroatoms. The van der Waals surface area contributed by atoms with E-state index in [0.29, 0.717) is 6.04 Å². The van der Waals surface area contributed by atoms with E-state index >= 15 is 0 Å². The van der Waals surface area contributed by atoms with Crippen LogP contribution in [0.5, 0.6) is 0 Å². The summed E-state index contributed by atoms with van der Waals surface area (Å²) in [6, 6.07) is 12.6. The Morgan fingerprint density at radius 2 is 2.18 bits per heavy atom. The predicted molar refractivity (Wildman–Crippen MR) is 111 cm³/mol. The smallest absolute Gasteiger partial charge is 0.267 e. The van der Waals surface area contributed by atoms with Crippen molar-refractivity contribution < 1.29 is 10.0 Å². The van der Waals surface area contributed by atoms with Crippen LogP contribution in [0.2, 0.25) is 5.02 Å². The third kappa shape index (κ3) is 3.97. The van der Waals surface area contributed by atoms with Gasteiger partial charge in [-0.3, -0.25) is 10.0 Å². The number of halogens is 1. The number of fused-ring (bicyclic) bond motifs is 2. The van der Waals surface area contributed by atoms with Crippen LogP contribution < -0.4 is 10.8 Å². The van der Waals surface area contributed by atoms with E-state index in [0.717, 1.165) is 41.9 Å². The number of aromatic amines is 1. The summed E-state index contributed by atoms with van der Waals surface area (Å²) in [5.41, 5.74) is 7.56. The standard InChI is InChI=1S/C22H22ClN3O2/c23-17-4-6-19-16(13-25-21(19)12-17)9-10-24-20-7-3-15-11-14(1-5-18(15)20)2-8-22(27)26-28/h1-2,4-6,8,11-13,20,24-25,28H,3,7,9-10H2,(H,26,27). The van der Waals surface area contributed by atoms with Gasteiger partial charge in [-0.05, 0) is 66.3 Å². The second-order valence-electron chi connectivity index (χ2n) is 7.07. The van der Waals surface area contributed by atoms with E-state index in [-0.39, 0.29) is 0 Å². The molecule has 0 spiro atoms. The van der Waals surface area contributed by atoms with Crippen molar-refractivity contribution in [2.45, 2.75) is 25.3 Å². The second-order valence-corrected chi connectivity index (χ2v) is 7.50. The summed E-state index contributed by atoms with van der Waals surface area (Å²) in [6.45, 7) is 0.901. The Hall–Kier alpha value is -2.60. The maximum atomic E-state index is 11.1. The zero-order chi connectivity index (χ0) is 19.5. The fourth-order valence-electron chi connectivity index (χ4n) is 3.91. The molecule has 0 fully saturated rings. The summed E-state index contributed by atoms with van der Waals surface area (Å²) in [4.78, 5) is 14.4. The lowest BCUT2D eigenvalue weighted by Crippen LogP contribution is -2.21. The molecular formula is C22H22ClN3O2. The lowest BCUT2D eigenvalue weighted by molar-refractivity contribution is -0.124. The van der Waals surface area contributed by atoms with Crippen LogP contribution in [0.4, 0.5) is 0 Å². The van der Waals surface area contributed by atoms with E-state index in [1.165, 1.54) is 28.2 Å². The van der Waals surface area contributed by atoms with Gasteiger partial charge in [0.25, 0.3) is 5.91 Å². The average molecular weight is 396 g/mol. The van der Waals surface area contributed by atoms with Gasteiger partial charge in [0, 0.05) is 34.2 Å². The molecule has 0 bridgehead atoms. The molecule has 144 valence electrons. The molecule has 0 saturated carbocycles. The normalized spacial score (nSPS) is 16.0. The van der Waals surface area contributed by atoms with Gasteiger partial charge in [-0.1, -0.05) is 35.9 Å². The number of H-pyrrole nitrogens is 1. The summed E-state index contributed by atoms with van der Waals surface area (Å²) in [5.74, 6) is -0.528. The molecule has 0 aliphatic heterocycles. The van der Waals surface area contributed by atoms with Gasteiger partial charge in [-0.15, -0.1) is 0 Å². The monoisotopic (exact) mass is 395 g/mol. The summed E-state index contributed by atoms with van der Waals surface area (Å²) >= 11 is 6.05. The first-order valence-corrected chi connectivity index (χ1v) is 9.76. The molecule has 1 aliphatic rings. The zero-order valence-corrected chi connectivity index (χ0v) is 16.1. The van der Waals surface area contributed by atoms with Crippen molar-refractivity contribution in [2.75, 3.05) is 6.54 Å². The maximum Gasteiger partial charge on any atom is 0.267 e. The highest BCUT2D eigenvalue weighted by molar-refractivity contribution is 6.31. The van der Waals surface area contributed by atoms with Crippen LogP contribution in [0.15, 0.2) is 48.7 Å². The van der Waals surface area contributed by atoms with Crippen molar-refractivity contribution in [3.63, 3.8) is 0 Å². The number of carbonyl (C=O) groups is 1. The molecule has 1 heterocycles. The van der Waals surface area contributed by atoms with Crippen LogP contribution in [0.25, 0.3) is 17.0 Å². The molecule has 2 aromatic carbocycles. The van der Waals surface area contributed by atoms with Gasteiger partial charge >= 0.3 is 0 Å². The Morgan fingerprint density at radius 1 is 1.29 bits per heavy atom. The van der Waals surface area contributed by atoms with E-state index in [4.69, 9.17) is 16.8 Å². The summed E-state index contributed by atoms with van der Waals surface area (Å²) in [5, 5.41) is 14.2. The molecule has 1 atom stereocenters. The van der Waals surface area contributed by atoms with Gasteiger partial charge in [0.2, 0.25) is 0 Å². The SMILES string of the molecule is O=C(C=Cc1ccc2c(c1)CCC2NCCc1c[nH]c2cc(Cl)ccc12)NO. The number of amides is 1. The first-order valence-electron chi connectivity index (χ1n) is 9.38. The highest BCUT2D eigenvalue weighted by Gasteiger charge is 2.21. The van der Waals surface area contributed by atoms with Crippen molar-refractivity contribution in [2.24, 2.45) is 0 Å². The number of hydrogen-bond acceptors (Lipinski definition) is 3. The van der Waals surface area contributed by atoms with Gasteiger partial charge in [0.1, 0.15) is 0 Å². The first kappa shape index (κ1) is 18.7. The number of nitrogens with one attached hydrogen (secondary N) is 3. The number of carbonyl (C=O) groups excluding carboxylic acids is 1. The fourth-order valence-corrected chi connectivity index (χ4v) is 4.08. The van der Waals surface area contributed by atoms with Gasteiger partial charge in [-0.2, -0.15) is 0 Å². The highest BCUT2D eigenvalue weighted by Crippen LogP contribution is 2.32. The van der Waals surface area contributed by atoms with Crippen LogP contribution >= 0.6 is 11.6 Å². The van der Waals surface area contributed by atoms with Gasteiger partial charge in [0.05, 0.1) is 0 Å². The lowest BCUT2D eigenvalue weighted by Gasteiger charge is -2.14. The molecule has 1 amide bonds. The molecular weight excluding hydrogens is 374 g/mol. The molecule has 28 heavy (non-hydrogen) atoms. The number of aryl methyl sites for hydroxylation is 1. The Kier molecular flexibility index (Phi) is 5.48. The Labute approximate surface area is 168 Å². The van der Waals surface area contributed by atoms with Crippen LogP contribution in [0, 0.1) is 0 Å². The van der Waals surface area contributed by atoms with E-state index < -0.39 is 5.91 Å². The third-order valence-electron chi connectivity index (χ3n) is 5.30. The topological polar surface area (TPSA) is 77.2 Å². The number of hydrogen-bond donors (Lipinski definition) is 4. The predicted octanol–water partition coefficient (Wildman–Crippen LogP) is 4.16. The molecule has 1 unspecified atom stereocenters. The molecule has 0 radical (unpaired) electrons. The maximum absolute atomic E-state index is 11.1. The van der Waals surface area contributed by atoms with Crippen LogP contribution in [-0.4, -0.2) is 22.6 Å². The Balaban J connectivity index is 1.38. The quantitative estimate of drug-likeness (QED) is 0.287. The molecule has 4 N–H and O–H groups in total. The minimum atomic E-state index is -0.528. The van der Waals surface area contributed by atoms with Crippen LogP contribution in [-0.2, 0) is 17.6 Å². The molecule has 1 aromatic heterocycles. The van der Waals surface area contributed by atoms with Gasteiger partial charge in [0.15, 0.2) is 0 Å². The van der Waals surface area contributed by atoms with Crippen LogP contribution in [0.3, 0.4) is 0 Å². The largest absolute Gasteiger partial charge is 0.361 e. The first-order chi connectivity index (χ1) is 13.6. The second kappa shape index (κ2) is 8.19. The van der Waals surface area contributed by atoms with Crippen molar-refractivity contribution in [3.05, 3.63) is 75.9 Å². The summed E-state index contributed by atoms with van der Waals surface area (Å²) in [7, 11) is 0. The van der Waals surface area contributed by atoms with Crippen molar-refractivity contribution >= 4 is 34.5 Å². The van der Waals surface area contributed by atoms with Crippen LogP contribution in [0.1, 0.15) is 34.7 Å². The number of aromatic nitrogens is 1. The highest BCUT2D eigenvalue weighted by atomic mass is 35.5. The number of hydroxylamine groups is 1. The fraction of sp³-hybridized carbons (Fsp3) is 0.227. The van der Waals surface area contributed by atoms with Crippen molar-refractivity contribution in [1.29, 1.82) is 0 Å². The molecule has 1 aliphatic carbocycles. The van der Waals surface area contributed by atoms with Gasteiger partial charge in [-0.25, -0.2) is 5.48 Å². The van der Waals surface area contributed by atoms with Crippen molar-refractivity contribution in [1.82, 2.24) is 15.8 Å². The van der Waals surface area contributed by atoms with E-state index in [2.05, 4.69) is 34.7 Å². The van der Waals surface area contributed by atoms with Crippen molar-refractivity contribution in [3.8, 4) is 0 Å². The molecule has 5 nitrogen and oxygen atoms in total. The third-order valence-corrected chi connectivity index (χ3v) is 5.53. The summed E-state index contributed by atoms with van der Waals surface area (Å²) in [6.07, 6.45) is 8.13. The molecule has 3 aromatic rings. The number of rotatable bonds is 6. The average Bonchev–Trinajstić information content (AvgIpc) is 3.29. The zero-order valence-electron chi connectivity index (χ0n) is 15.3. The van der Waals surface area contributed by atoms with Gasteiger partial charge < -0.3 is 10.3 Å².